The molecule has 4 aliphatic rings. The zero-order chi connectivity index (χ0) is 27.2. The molecule has 4 atom stereocenters. The van der Waals surface area contributed by atoms with E-state index in [1.807, 2.05) is 11.8 Å². The van der Waals surface area contributed by atoms with Gasteiger partial charge in [-0.3, -0.25) is 4.79 Å². The summed E-state index contributed by atoms with van der Waals surface area (Å²) in [4.78, 5) is 29.4. The third-order valence-electron chi connectivity index (χ3n) is 9.16. The Labute approximate surface area is 223 Å². The van der Waals surface area contributed by atoms with Gasteiger partial charge in [-0.2, -0.15) is 4.31 Å². The maximum atomic E-state index is 14.2. The summed E-state index contributed by atoms with van der Waals surface area (Å²) in [6, 6.07) is 2.29. The molecule has 2 aliphatic carbocycles. The lowest BCUT2D eigenvalue weighted by atomic mass is 9.69. The Morgan fingerprint density at radius 3 is 2.34 bits per heavy atom. The summed E-state index contributed by atoms with van der Waals surface area (Å²) in [5, 5.41) is 0. The van der Waals surface area contributed by atoms with E-state index >= 15 is 0 Å². The molecule has 3 unspecified atom stereocenters. The second-order valence-corrected chi connectivity index (χ2v) is 13.5. The summed E-state index contributed by atoms with van der Waals surface area (Å²) in [6.07, 6.45) is 5.99. The number of carbonyl (C=O) groups is 2. The summed E-state index contributed by atoms with van der Waals surface area (Å²) < 4.78 is 59.4. The first-order chi connectivity index (χ1) is 18.0. The van der Waals surface area contributed by atoms with Gasteiger partial charge >= 0.3 is 6.09 Å². The molecule has 0 spiro atoms. The highest BCUT2D eigenvalue weighted by Crippen LogP contribution is 2.44. The molecule has 2 aliphatic heterocycles. The van der Waals surface area contributed by atoms with Crippen LogP contribution in [0.15, 0.2) is 18.2 Å². The van der Waals surface area contributed by atoms with Gasteiger partial charge in [-0.05, 0) is 82.3 Å². The minimum absolute atomic E-state index is 0.0316. The zero-order valence-electron chi connectivity index (χ0n) is 22.0. The van der Waals surface area contributed by atoms with Crippen molar-refractivity contribution in [2.24, 2.45) is 11.8 Å². The quantitative estimate of drug-likeness (QED) is 0.562. The lowest BCUT2D eigenvalue weighted by Gasteiger charge is -2.54. The fourth-order valence-electron chi connectivity index (χ4n) is 7.48. The lowest BCUT2D eigenvalue weighted by Crippen LogP contribution is -2.67. The van der Waals surface area contributed by atoms with Gasteiger partial charge < -0.3 is 14.5 Å². The Kier molecular flexibility index (Phi) is 7.70. The van der Waals surface area contributed by atoms with E-state index in [-0.39, 0.29) is 48.1 Å². The Balaban J connectivity index is 1.30. The van der Waals surface area contributed by atoms with Gasteiger partial charge in [-0.15, -0.1) is 0 Å². The molecule has 38 heavy (non-hydrogen) atoms. The van der Waals surface area contributed by atoms with E-state index < -0.39 is 27.8 Å². The van der Waals surface area contributed by atoms with Crippen molar-refractivity contribution in [3.05, 3.63) is 29.8 Å². The van der Waals surface area contributed by atoms with E-state index in [2.05, 4.69) is 0 Å². The number of fused-ring (bicyclic) bond motifs is 1. The molecule has 1 aromatic carbocycles. The van der Waals surface area contributed by atoms with Crippen molar-refractivity contribution < 1.29 is 31.5 Å². The number of hydrogen-bond acceptors (Lipinski definition) is 5. The predicted molar refractivity (Wildman–Crippen MR) is 137 cm³/mol. The van der Waals surface area contributed by atoms with Crippen molar-refractivity contribution >= 4 is 22.0 Å². The first-order valence-electron chi connectivity index (χ1n) is 13.8. The van der Waals surface area contributed by atoms with Crippen LogP contribution in [0.4, 0.5) is 13.6 Å². The van der Waals surface area contributed by atoms with Crippen LogP contribution < -0.4 is 4.74 Å². The normalized spacial score (nSPS) is 33.6. The minimum atomic E-state index is -3.12. The number of ether oxygens (including phenoxy) is 1. The third-order valence-corrected chi connectivity index (χ3v) is 11.2. The Hall–Kier alpha value is -2.27. The summed E-state index contributed by atoms with van der Waals surface area (Å²) in [7, 11) is -3.12. The van der Waals surface area contributed by atoms with Gasteiger partial charge in [-0.25, -0.2) is 22.0 Å². The highest BCUT2D eigenvalue weighted by molar-refractivity contribution is 7.89. The van der Waals surface area contributed by atoms with Gasteiger partial charge in [0.1, 0.15) is 5.82 Å². The molecule has 2 heterocycles. The Bertz CT molecular complexity index is 1170. The number of benzene rings is 1. The number of hydrogen-bond donors (Lipinski definition) is 0. The van der Waals surface area contributed by atoms with Crippen molar-refractivity contribution in [1.82, 2.24) is 14.1 Å². The molecular formula is C27H37F2N3O5S. The highest BCUT2D eigenvalue weighted by Gasteiger charge is 2.48. The molecule has 8 nitrogen and oxygen atoms in total. The number of sulfonamides is 1. The smallest absolute Gasteiger partial charge is 0.407 e. The molecule has 0 radical (unpaired) electrons. The molecule has 210 valence electrons. The number of piperazine rings is 1. The molecule has 0 aromatic heterocycles. The summed E-state index contributed by atoms with van der Waals surface area (Å²) in [5.41, 5.74) is 0. The van der Waals surface area contributed by atoms with Crippen molar-refractivity contribution in [1.29, 1.82) is 0 Å². The first kappa shape index (κ1) is 27.3. The van der Waals surface area contributed by atoms with Gasteiger partial charge in [-0.1, -0.05) is 0 Å². The van der Waals surface area contributed by atoms with E-state index in [1.165, 1.54) is 0 Å². The lowest BCUT2D eigenvalue weighted by molar-refractivity contribution is -0.142. The Morgan fingerprint density at radius 2 is 1.71 bits per heavy atom. The van der Waals surface area contributed by atoms with Crippen molar-refractivity contribution in [2.45, 2.75) is 89.4 Å². The fraction of sp³-hybridized carbons (Fsp3) is 0.704. The van der Waals surface area contributed by atoms with Crippen LogP contribution in [0.5, 0.6) is 5.75 Å². The molecular weight excluding hydrogens is 516 g/mol. The first-order valence-corrected chi connectivity index (χ1v) is 15.4. The summed E-state index contributed by atoms with van der Waals surface area (Å²) >= 11 is 0. The van der Waals surface area contributed by atoms with Gasteiger partial charge in [0.2, 0.25) is 15.9 Å². The highest BCUT2D eigenvalue weighted by atomic mass is 32.2. The molecule has 0 N–H and O–H groups in total. The minimum Gasteiger partial charge on any atom is -0.407 e. The average Bonchev–Trinajstić information content (AvgIpc) is 3.23. The average molecular weight is 554 g/mol. The van der Waals surface area contributed by atoms with Crippen LogP contribution in [0, 0.1) is 23.5 Å². The van der Waals surface area contributed by atoms with E-state index in [4.69, 9.17) is 4.74 Å². The van der Waals surface area contributed by atoms with Gasteiger partial charge in [0, 0.05) is 38.2 Å². The zero-order valence-corrected chi connectivity index (χ0v) is 22.8. The van der Waals surface area contributed by atoms with Crippen LogP contribution in [0.25, 0.3) is 0 Å². The van der Waals surface area contributed by atoms with E-state index in [0.717, 1.165) is 50.7 Å². The molecule has 1 aromatic rings. The van der Waals surface area contributed by atoms with Crippen LogP contribution >= 0.6 is 0 Å². The van der Waals surface area contributed by atoms with Crippen LogP contribution in [-0.4, -0.2) is 77.5 Å². The number of amides is 2. The van der Waals surface area contributed by atoms with Gasteiger partial charge in [0.25, 0.3) is 0 Å². The predicted octanol–water partition coefficient (Wildman–Crippen LogP) is 4.15. The fourth-order valence-corrected chi connectivity index (χ4v) is 9.28. The molecule has 2 amide bonds. The molecule has 4 fully saturated rings. The van der Waals surface area contributed by atoms with Gasteiger partial charge in [0.15, 0.2) is 11.6 Å². The van der Waals surface area contributed by atoms with E-state index in [9.17, 15) is 26.8 Å². The third kappa shape index (κ3) is 5.28. The van der Waals surface area contributed by atoms with Crippen molar-refractivity contribution in [3.63, 3.8) is 0 Å². The maximum Gasteiger partial charge on any atom is 0.415 e. The van der Waals surface area contributed by atoms with Crippen LogP contribution in [0.3, 0.4) is 0 Å². The van der Waals surface area contributed by atoms with Crippen LogP contribution in [0.1, 0.15) is 65.2 Å². The standard InChI is InChI=1S/C27H37F2N3O5S/c1-17-16-30(27(34)37-26-11-7-21(28)15-23(26)29)25-14-20(6-10-24(25)32(17)18(2)33)19-4-8-22(9-5-19)31-12-3-13-38(31,35)36/h7,11,15,17,19-20,22,24-25H,3-6,8-10,12-14,16H2,1-2H3/t17-,19?,20?,22?,24?,25?/m0/s1. The monoisotopic (exact) mass is 553 g/mol. The second-order valence-electron chi connectivity index (χ2n) is 11.4. The maximum absolute atomic E-state index is 14.2. The summed E-state index contributed by atoms with van der Waals surface area (Å²) in [5.74, 6) is -1.03. The SMILES string of the molecule is CC(=O)N1C2CCC(C3CCC(N4CCCS4(=O)=O)CC3)CC2N(C(=O)Oc2ccc(F)cc2F)C[C@@H]1C. The second kappa shape index (κ2) is 10.7. The van der Waals surface area contributed by atoms with Crippen LogP contribution in [-0.2, 0) is 14.8 Å². The van der Waals surface area contributed by atoms with E-state index in [1.54, 1.807) is 16.1 Å². The topological polar surface area (TPSA) is 87.2 Å². The molecule has 0 bridgehead atoms. The largest absolute Gasteiger partial charge is 0.415 e. The summed E-state index contributed by atoms with van der Waals surface area (Å²) in [6.45, 7) is 4.34. The Morgan fingerprint density at radius 1 is 1.00 bits per heavy atom. The van der Waals surface area contributed by atoms with Crippen LogP contribution in [0.2, 0.25) is 0 Å². The van der Waals surface area contributed by atoms with Crippen molar-refractivity contribution in [2.75, 3.05) is 18.8 Å². The number of carbonyl (C=O) groups excluding carboxylic acids is 2. The van der Waals surface area contributed by atoms with Gasteiger partial charge in [0.05, 0.1) is 17.8 Å². The van der Waals surface area contributed by atoms with E-state index in [0.29, 0.717) is 37.3 Å². The molecule has 5 rings (SSSR count). The molecule has 2 saturated heterocycles. The molecule has 11 heteroatoms. The molecule has 2 saturated carbocycles. The number of halogens is 2. The van der Waals surface area contributed by atoms with Crippen molar-refractivity contribution in [3.8, 4) is 5.75 Å². The number of nitrogens with zero attached hydrogens (tertiary/aromatic N) is 3. The number of rotatable bonds is 3.